The van der Waals surface area contributed by atoms with Gasteiger partial charge in [0.1, 0.15) is 6.54 Å². The van der Waals surface area contributed by atoms with Crippen LogP contribution in [0.25, 0.3) is 0 Å². The number of carbonyl (C=O) groups excluding carboxylic acids is 1. The summed E-state index contributed by atoms with van der Waals surface area (Å²) >= 11 is 0. The zero-order chi connectivity index (χ0) is 22.5. The van der Waals surface area contributed by atoms with E-state index in [4.69, 9.17) is 0 Å². The Bertz CT molecular complexity index is 1030. The quantitative estimate of drug-likeness (QED) is 0.510. The zero-order valence-electron chi connectivity index (χ0n) is 18.6. The highest BCUT2D eigenvalue weighted by Crippen LogP contribution is 2.27. The van der Waals surface area contributed by atoms with Crippen LogP contribution in [-0.2, 0) is 20.2 Å². The number of aryl methyl sites for hydroxylation is 1. The molecule has 0 radical (unpaired) electrons. The lowest BCUT2D eigenvalue weighted by Gasteiger charge is -2.25. The van der Waals surface area contributed by atoms with Crippen molar-refractivity contribution in [2.45, 2.75) is 46.5 Å². The molecule has 6 nitrogen and oxygen atoms in total. The van der Waals surface area contributed by atoms with E-state index in [0.717, 1.165) is 27.4 Å². The van der Waals surface area contributed by atoms with E-state index in [9.17, 15) is 13.2 Å². The molecule has 162 valence electrons. The number of benzene rings is 2. The van der Waals surface area contributed by atoms with Crippen LogP contribution >= 0.6 is 0 Å². The van der Waals surface area contributed by atoms with Gasteiger partial charge in [-0.1, -0.05) is 56.3 Å². The van der Waals surface area contributed by atoms with Gasteiger partial charge in [-0.25, -0.2) is 13.8 Å². The van der Waals surface area contributed by atoms with Crippen molar-refractivity contribution >= 4 is 27.3 Å². The van der Waals surface area contributed by atoms with E-state index in [0.29, 0.717) is 12.1 Å². The summed E-state index contributed by atoms with van der Waals surface area (Å²) in [4.78, 5) is 12.5. The zero-order valence-corrected chi connectivity index (χ0v) is 19.4. The predicted octanol–water partition coefficient (Wildman–Crippen LogP) is 3.93. The van der Waals surface area contributed by atoms with Crippen molar-refractivity contribution in [2.24, 2.45) is 5.10 Å². The number of sulfonamides is 1. The largest absolute Gasteiger partial charge is 0.271 e. The fraction of sp³-hybridized carbons (Fsp3) is 0.391. The summed E-state index contributed by atoms with van der Waals surface area (Å²) in [5.41, 5.74) is 6.58. The molecular formula is C23H31N3O3S. The number of nitrogens with zero attached hydrogens (tertiary/aromatic N) is 2. The average Bonchev–Trinajstić information content (AvgIpc) is 2.66. The molecule has 2 aromatic carbocycles. The number of hydrazone groups is 1. The van der Waals surface area contributed by atoms with E-state index < -0.39 is 15.9 Å². The number of hydrogen-bond acceptors (Lipinski definition) is 4. The van der Waals surface area contributed by atoms with Gasteiger partial charge in [0.15, 0.2) is 0 Å². The molecule has 0 bridgehead atoms. The molecule has 0 aromatic heterocycles. The third-order valence-corrected chi connectivity index (χ3v) is 6.28. The second-order valence-electron chi connectivity index (χ2n) is 8.30. The first kappa shape index (κ1) is 23.6. The standard InChI is InChI=1S/C23H31N3O3S/c1-17-11-10-14-21(19(17)3)26(30(6,28)29)16-22(27)25-24-18(2)15-23(4,5)20-12-8-7-9-13-20/h7-14H,15-16H2,1-6H3,(H,25,27)/b24-18-. The van der Waals surface area contributed by atoms with Gasteiger partial charge in [0.05, 0.1) is 11.9 Å². The van der Waals surface area contributed by atoms with Crippen LogP contribution in [0.5, 0.6) is 0 Å². The average molecular weight is 430 g/mol. The Morgan fingerprint density at radius 3 is 2.30 bits per heavy atom. The van der Waals surface area contributed by atoms with Crippen LogP contribution in [0.1, 0.15) is 43.9 Å². The molecule has 0 aliphatic rings. The summed E-state index contributed by atoms with van der Waals surface area (Å²) in [7, 11) is -3.63. The molecule has 0 unspecified atom stereocenters. The molecule has 0 aliphatic heterocycles. The van der Waals surface area contributed by atoms with Crippen molar-refractivity contribution in [3.63, 3.8) is 0 Å². The molecule has 0 heterocycles. The maximum absolute atomic E-state index is 12.5. The molecule has 0 aliphatic carbocycles. The van der Waals surface area contributed by atoms with Gasteiger partial charge in [0.2, 0.25) is 10.0 Å². The minimum absolute atomic E-state index is 0.142. The van der Waals surface area contributed by atoms with Gasteiger partial charge < -0.3 is 0 Å². The summed E-state index contributed by atoms with van der Waals surface area (Å²) in [6, 6.07) is 15.5. The van der Waals surface area contributed by atoms with Crippen LogP contribution in [0.15, 0.2) is 53.6 Å². The van der Waals surface area contributed by atoms with Crippen molar-refractivity contribution in [3.8, 4) is 0 Å². The molecule has 1 N–H and O–H groups in total. The summed E-state index contributed by atoms with van der Waals surface area (Å²) in [6.07, 6.45) is 1.75. The molecule has 1 amide bonds. The maximum Gasteiger partial charge on any atom is 0.260 e. The number of rotatable bonds is 8. The summed E-state index contributed by atoms with van der Waals surface area (Å²) in [5.74, 6) is -0.488. The van der Waals surface area contributed by atoms with Crippen molar-refractivity contribution in [2.75, 3.05) is 17.1 Å². The van der Waals surface area contributed by atoms with E-state index in [1.54, 1.807) is 12.1 Å². The minimum Gasteiger partial charge on any atom is -0.271 e. The van der Waals surface area contributed by atoms with Crippen molar-refractivity contribution < 1.29 is 13.2 Å². The second kappa shape index (κ2) is 9.43. The Kier molecular flexibility index (Phi) is 7.42. The monoisotopic (exact) mass is 429 g/mol. The van der Waals surface area contributed by atoms with Gasteiger partial charge in [-0.15, -0.1) is 0 Å². The van der Waals surface area contributed by atoms with Crippen LogP contribution in [0, 0.1) is 13.8 Å². The van der Waals surface area contributed by atoms with Crippen molar-refractivity contribution in [1.82, 2.24) is 5.43 Å². The van der Waals surface area contributed by atoms with Crippen LogP contribution < -0.4 is 9.73 Å². The molecule has 0 atom stereocenters. The Morgan fingerprint density at radius 2 is 1.70 bits per heavy atom. The van der Waals surface area contributed by atoms with Gasteiger partial charge in [-0.2, -0.15) is 5.10 Å². The van der Waals surface area contributed by atoms with Crippen LogP contribution in [0.4, 0.5) is 5.69 Å². The van der Waals surface area contributed by atoms with E-state index in [-0.39, 0.29) is 12.0 Å². The molecule has 7 heteroatoms. The van der Waals surface area contributed by atoms with Crippen LogP contribution in [-0.4, -0.2) is 32.8 Å². The highest BCUT2D eigenvalue weighted by atomic mass is 32.2. The maximum atomic E-state index is 12.5. The first-order valence-corrected chi connectivity index (χ1v) is 11.7. The lowest BCUT2D eigenvalue weighted by atomic mass is 9.80. The van der Waals surface area contributed by atoms with Gasteiger partial charge in [-0.05, 0) is 55.4 Å². The molecular weight excluding hydrogens is 398 g/mol. The second-order valence-corrected chi connectivity index (χ2v) is 10.2. The molecule has 2 aromatic rings. The summed E-state index contributed by atoms with van der Waals surface area (Å²) in [6.45, 7) is 9.51. The number of hydrogen-bond donors (Lipinski definition) is 1. The molecule has 30 heavy (non-hydrogen) atoms. The Labute approximate surface area is 180 Å². The Balaban J connectivity index is 2.11. The fourth-order valence-electron chi connectivity index (χ4n) is 3.38. The van der Waals surface area contributed by atoms with Gasteiger partial charge in [0, 0.05) is 5.71 Å². The smallest absolute Gasteiger partial charge is 0.260 e. The van der Waals surface area contributed by atoms with E-state index >= 15 is 0 Å². The minimum atomic E-state index is -3.63. The summed E-state index contributed by atoms with van der Waals surface area (Å²) in [5, 5.41) is 4.20. The lowest BCUT2D eigenvalue weighted by Crippen LogP contribution is -2.39. The molecule has 0 saturated heterocycles. The number of nitrogens with one attached hydrogen (secondary N) is 1. The number of anilines is 1. The van der Waals surface area contributed by atoms with Crippen molar-refractivity contribution in [1.29, 1.82) is 0 Å². The molecule has 0 spiro atoms. The van der Waals surface area contributed by atoms with E-state index in [1.807, 2.05) is 45.0 Å². The number of amides is 1. The Hall–Kier alpha value is -2.67. The van der Waals surface area contributed by atoms with E-state index in [1.165, 1.54) is 5.56 Å². The molecule has 0 saturated carbocycles. The van der Waals surface area contributed by atoms with Crippen LogP contribution in [0.3, 0.4) is 0 Å². The van der Waals surface area contributed by atoms with Gasteiger partial charge >= 0.3 is 0 Å². The summed E-state index contributed by atoms with van der Waals surface area (Å²) < 4.78 is 25.8. The van der Waals surface area contributed by atoms with Gasteiger partial charge in [0.25, 0.3) is 5.91 Å². The van der Waals surface area contributed by atoms with Crippen molar-refractivity contribution in [3.05, 3.63) is 65.2 Å². The molecule has 0 fully saturated rings. The molecule has 2 rings (SSSR count). The predicted molar refractivity (Wildman–Crippen MR) is 123 cm³/mol. The highest BCUT2D eigenvalue weighted by Gasteiger charge is 2.24. The third-order valence-electron chi connectivity index (χ3n) is 5.16. The van der Waals surface area contributed by atoms with Crippen LogP contribution in [0.2, 0.25) is 0 Å². The normalized spacial score (nSPS) is 12.5. The first-order chi connectivity index (χ1) is 13.9. The first-order valence-electron chi connectivity index (χ1n) is 9.83. The van der Waals surface area contributed by atoms with Gasteiger partial charge in [-0.3, -0.25) is 9.10 Å². The lowest BCUT2D eigenvalue weighted by molar-refractivity contribution is -0.119. The third kappa shape index (κ3) is 6.16. The highest BCUT2D eigenvalue weighted by molar-refractivity contribution is 7.92. The number of carbonyl (C=O) groups is 1. The SMILES string of the molecule is C/C(CC(C)(C)c1ccccc1)=N/NC(=O)CN(c1cccc(C)c1C)S(C)(=O)=O. The fourth-order valence-corrected chi connectivity index (χ4v) is 4.29. The Morgan fingerprint density at radius 1 is 1.07 bits per heavy atom. The van der Waals surface area contributed by atoms with E-state index in [2.05, 4.69) is 36.5 Å². The topological polar surface area (TPSA) is 78.8 Å².